The molecule has 0 spiro atoms. The SMILES string of the molecule is CCn1c(C)cc(CNC(C)c2cnn(C)c2C)c1C. The predicted molar refractivity (Wildman–Crippen MR) is 82.8 cm³/mol. The normalized spacial score (nSPS) is 12.9. The average molecular weight is 274 g/mol. The van der Waals surface area contributed by atoms with E-state index in [-0.39, 0.29) is 0 Å². The zero-order valence-electron chi connectivity index (χ0n) is 13.5. The summed E-state index contributed by atoms with van der Waals surface area (Å²) in [5.41, 5.74) is 6.60. The summed E-state index contributed by atoms with van der Waals surface area (Å²) < 4.78 is 4.29. The lowest BCUT2D eigenvalue weighted by molar-refractivity contribution is 0.567. The van der Waals surface area contributed by atoms with Gasteiger partial charge in [0, 0.05) is 48.8 Å². The Morgan fingerprint density at radius 2 is 1.95 bits per heavy atom. The first-order valence-electron chi connectivity index (χ1n) is 7.33. The van der Waals surface area contributed by atoms with Gasteiger partial charge in [-0.2, -0.15) is 5.10 Å². The highest BCUT2D eigenvalue weighted by molar-refractivity contribution is 5.27. The molecular formula is C16H26N4. The Kier molecular flexibility index (Phi) is 4.33. The highest BCUT2D eigenvalue weighted by Crippen LogP contribution is 2.19. The predicted octanol–water partition coefficient (Wildman–Crippen LogP) is 3.02. The molecule has 2 rings (SSSR count). The molecule has 0 radical (unpaired) electrons. The molecule has 0 aliphatic rings. The van der Waals surface area contributed by atoms with Gasteiger partial charge in [-0.25, -0.2) is 0 Å². The molecule has 4 nitrogen and oxygen atoms in total. The van der Waals surface area contributed by atoms with Crippen molar-refractivity contribution < 1.29 is 0 Å². The van der Waals surface area contributed by atoms with Crippen LogP contribution in [-0.4, -0.2) is 14.3 Å². The zero-order valence-corrected chi connectivity index (χ0v) is 13.5. The Hall–Kier alpha value is -1.55. The lowest BCUT2D eigenvalue weighted by atomic mass is 10.1. The fraction of sp³-hybridized carbons (Fsp3) is 0.562. The fourth-order valence-electron chi connectivity index (χ4n) is 2.85. The van der Waals surface area contributed by atoms with E-state index >= 15 is 0 Å². The Balaban J connectivity index is 2.07. The molecule has 2 heterocycles. The molecule has 4 heteroatoms. The molecule has 0 fully saturated rings. The van der Waals surface area contributed by atoms with Gasteiger partial charge >= 0.3 is 0 Å². The Bertz CT molecular complexity index is 592. The minimum absolute atomic E-state index is 0.313. The van der Waals surface area contributed by atoms with Crippen LogP contribution < -0.4 is 5.32 Å². The zero-order chi connectivity index (χ0) is 14.9. The van der Waals surface area contributed by atoms with Gasteiger partial charge in [0.25, 0.3) is 0 Å². The first-order chi connectivity index (χ1) is 9.45. The van der Waals surface area contributed by atoms with E-state index in [9.17, 15) is 0 Å². The fourth-order valence-corrected chi connectivity index (χ4v) is 2.85. The van der Waals surface area contributed by atoms with Gasteiger partial charge in [-0.05, 0) is 46.2 Å². The lowest BCUT2D eigenvalue weighted by Crippen LogP contribution is -2.19. The van der Waals surface area contributed by atoms with E-state index in [0.29, 0.717) is 6.04 Å². The summed E-state index contributed by atoms with van der Waals surface area (Å²) in [5, 5.41) is 7.92. The summed E-state index contributed by atoms with van der Waals surface area (Å²) in [6, 6.07) is 2.60. The Morgan fingerprint density at radius 3 is 2.45 bits per heavy atom. The number of hydrogen-bond donors (Lipinski definition) is 1. The maximum Gasteiger partial charge on any atom is 0.0540 e. The van der Waals surface area contributed by atoms with Crippen LogP contribution in [0.1, 0.15) is 48.1 Å². The van der Waals surface area contributed by atoms with Crippen LogP contribution in [0.5, 0.6) is 0 Å². The van der Waals surface area contributed by atoms with Crippen molar-refractivity contribution in [3.05, 3.63) is 40.5 Å². The topological polar surface area (TPSA) is 34.8 Å². The molecular weight excluding hydrogens is 248 g/mol. The van der Waals surface area contributed by atoms with Crippen LogP contribution in [0.15, 0.2) is 12.3 Å². The number of aryl methyl sites for hydroxylation is 2. The van der Waals surface area contributed by atoms with Crippen LogP contribution >= 0.6 is 0 Å². The highest BCUT2D eigenvalue weighted by atomic mass is 15.3. The highest BCUT2D eigenvalue weighted by Gasteiger charge is 2.13. The number of rotatable bonds is 5. The van der Waals surface area contributed by atoms with Gasteiger partial charge in [0.15, 0.2) is 0 Å². The van der Waals surface area contributed by atoms with Crippen molar-refractivity contribution in [2.24, 2.45) is 7.05 Å². The quantitative estimate of drug-likeness (QED) is 0.909. The minimum Gasteiger partial charge on any atom is -0.349 e. The number of nitrogens with one attached hydrogen (secondary N) is 1. The molecule has 20 heavy (non-hydrogen) atoms. The van der Waals surface area contributed by atoms with Crippen molar-refractivity contribution in [3.8, 4) is 0 Å². The molecule has 0 saturated carbocycles. The second-order valence-corrected chi connectivity index (χ2v) is 5.55. The summed E-state index contributed by atoms with van der Waals surface area (Å²) in [6.45, 7) is 12.8. The lowest BCUT2D eigenvalue weighted by Gasteiger charge is -2.14. The molecule has 0 aliphatic heterocycles. The van der Waals surface area contributed by atoms with E-state index in [0.717, 1.165) is 13.1 Å². The van der Waals surface area contributed by atoms with E-state index in [1.165, 1.54) is 28.2 Å². The van der Waals surface area contributed by atoms with Gasteiger partial charge in [-0.3, -0.25) is 4.68 Å². The van der Waals surface area contributed by atoms with Crippen molar-refractivity contribution >= 4 is 0 Å². The molecule has 0 amide bonds. The molecule has 1 N–H and O–H groups in total. The summed E-state index contributed by atoms with van der Waals surface area (Å²) in [4.78, 5) is 0. The molecule has 2 aromatic heterocycles. The number of nitrogens with zero attached hydrogens (tertiary/aromatic N) is 3. The van der Waals surface area contributed by atoms with Crippen LogP contribution in [-0.2, 0) is 20.1 Å². The Labute approximate surface area is 121 Å². The maximum absolute atomic E-state index is 4.31. The molecule has 110 valence electrons. The molecule has 0 aliphatic carbocycles. The van der Waals surface area contributed by atoms with E-state index in [1.807, 2.05) is 17.9 Å². The molecule has 0 saturated heterocycles. The second-order valence-electron chi connectivity index (χ2n) is 5.55. The summed E-state index contributed by atoms with van der Waals surface area (Å²) in [5.74, 6) is 0. The van der Waals surface area contributed by atoms with Crippen molar-refractivity contribution in [1.82, 2.24) is 19.7 Å². The summed E-state index contributed by atoms with van der Waals surface area (Å²) >= 11 is 0. The average Bonchev–Trinajstić information content (AvgIpc) is 2.88. The first-order valence-corrected chi connectivity index (χ1v) is 7.33. The van der Waals surface area contributed by atoms with Crippen LogP contribution in [0.25, 0.3) is 0 Å². The third-order valence-electron chi connectivity index (χ3n) is 4.33. The van der Waals surface area contributed by atoms with Crippen molar-refractivity contribution in [3.63, 3.8) is 0 Å². The van der Waals surface area contributed by atoms with E-state index in [2.05, 4.69) is 55.7 Å². The first kappa shape index (κ1) is 14.9. The van der Waals surface area contributed by atoms with Crippen LogP contribution in [0.2, 0.25) is 0 Å². The second kappa shape index (κ2) is 5.83. The smallest absolute Gasteiger partial charge is 0.0540 e. The molecule has 0 aromatic carbocycles. The molecule has 1 unspecified atom stereocenters. The van der Waals surface area contributed by atoms with Crippen LogP contribution in [0, 0.1) is 20.8 Å². The van der Waals surface area contributed by atoms with Gasteiger partial charge in [-0.15, -0.1) is 0 Å². The van der Waals surface area contributed by atoms with Gasteiger partial charge in [0.1, 0.15) is 0 Å². The van der Waals surface area contributed by atoms with Crippen molar-refractivity contribution in [2.75, 3.05) is 0 Å². The van der Waals surface area contributed by atoms with E-state index in [1.54, 1.807) is 0 Å². The van der Waals surface area contributed by atoms with Gasteiger partial charge in [-0.1, -0.05) is 0 Å². The van der Waals surface area contributed by atoms with Crippen LogP contribution in [0.3, 0.4) is 0 Å². The Morgan fingerprint density at radius 1 is 1.25 bits per heavy atom. The number of hydrogen-bond acceptors (Lipinski definition) is 2. The monoisotopic (exact) mass is 274 g/mol. The molecule has 2 aromatic rings. The van der Waals surface area contributed by atoms with E-state index in [4.69, 9.17) is 0 Å². The summed E-state index contributed by atoms with van der Waals surface area (Å²) in [6.07, 6.45) is 1.96. The van der Waals surface area contributed by atoms with Gasteiger partial charge < -0.3 is 9.88 Å². The largest absolute Gasteiger partial charge is 0.349 e. The summed E-state index contributed by atoms with van der Waals surface area (Å²) in [7, 11) is 1.99. The van der Waals surface area contributed by atoms with E-state index < -0.39 is 0 Å². The number of aromatic nitrogens is 3. The third-order valence-corrected chi connectivity index (χ3v) is 4.33. The van der Waals surface area contributed by atoms with Crippen molar-refractivity contribution in [1.29, 1.82) is 0 Å². The molecule has 0 bridgehead atoms. The third kappa shape index (κ3) is 2.66. The van der Waals surface area contributed by atoms with Gasteiger partial charge in [0.2, 0.25) is 0 Å². The molecule has 1 atom stereocenters. The van der Waals surface area contributed by atoms with Gasteiger partial charge in [0.05, 0.1) is 6.20 Å². The maximum atomic E-state index is 4.31. The standard InChI is InChI=1S/C16H26N4/c1-7-20-11(2)8-15(13(20)4)9-17-12(3)16-10-18-19(6)14(16)5/h8,10,12,17H,7,9H2,1-6H3. The van der Waals surface area contributed by atoms with Crippen molar-refractivity contribution in [2.45, 2.75) is 53.8 Å². The minimum atomic E-state index is 0.313. The van der Waals surface area contributed by atoms with Crippen LogP contribution in [0.4, 0.5) is 0 Å².